The van der Waals surface area contributed by atoms with Gasteiger partial charge in [0.05, 0.1) is 0 Å². The van der Waals surface area contributed by atoms with Gasteiger partial charge in [0.2, 0.25) is 0 Å². The van der Waals surface area contributed by atoms with Crippen molar-refractivity contribution in [1.29, 1.82) is 0 Å². The van der Waals surface area contributed by atoms with Crippen molar-refractivity contribution < 1.29 is 48.6 Å². The summed E-state index contributed by atoms with van der Waals surface area (Å²) in [6.07, 6.45) is 0. The smallest absolute Gasteiger partial charge is 0 e. The van der Waals surface area contributed by atoms with E-state index in [9.17, 15) is 0 Å². The van der Waals surface area contributed by atoms with Crippen molar-refractivity contribution in [3.05, 3.63) is 0 Å². The zero-order valence-electron chi connectivity index (χ0n) is 1.89. The largest absolute Gasteiger partial charge is 0 e. The van der Waals surface area contributed by atoms with E-state index in [4.69, 9.17) is 0 Å². The minimum Gasteiger partial charge on any atom is 0 e. The molecule has 0 saturated carbocycles. The van der Waals surface area contributed by atoms with Crippen LogP contribution in [0.2, 0.25) is 0 Å². The standard InChI is InChI=1S/Bi.Nb.Sn.Zr. The van der Waals surface area contributed by atoms with Gasteiger partial charge in [-0.15, -0.1) is 0 Å². The predicted octanol–water partition coefficient (Wildman–Crippen LogP) is -0.767. The summed E-state index contributed by atoms with van der Waals surface area (Å²) in [4.78, 5) is 0. The van der Waals surface area contributed by atoms with Crippen LogP contribution in [-0.4, -0.2) is 50.1 Å². The second-order valence-corrected chi connectivity index (χ2v) is 0. The molecule has 0 aliphatic rings. The van der Waals surface area contributed by atoms with Crippen LogP contribution in [0.15, 0.2) is 0 Å². The van der Waals surface area contributed by atoms with Gasteiger partial charge in [-0.3, -0.25) is 0 Å². The molecule has 0 aromatic carbocycles. The first-order valence-corrected chi connectivity index (χ1v) is 0. The average Bonchev–Trinajstić information content (AvgIpc) is 0. The van der Waals surface area contributed by atoms with Gasteiger partial charge in [0.25, 0.3) is 0 Å². The summed E-state index contributed by atoms with van der Waals surface area (Å²) in [5.74, 6) is 0. The van der Waals surface area contributed by atoms with Gasteiger partial charge < -0.3 is 0 Å². The summed E-state index contributed by atoms with van der Waals surface area (Å²) < 4.78 is 0. The molecule has 0 aromatic rings. The first-order valence-electron chi connectivity index (χ1n) is 0. The third kappa shape index (κ3) is 9.00. The van der Waals surface area contributed by atoms with Gasteiger partial charge in [0.15, 0.2) is 0 Å². The molecule has 0 N–H and O–H groups in total. The molecule has 0 fully saturated rings. The van der Waals surface area contributed by atoms with E-state index in [2.05, 4.69) is 0 Å². The van der Waals surface area contributed by atoms with Crippen molar-refractivity contribution >= 4 is 50.1 Å². The molecule has 0 rings (SSSR count). The molecular weight excluding hydrogens is 512 g/mol. The molecule has 4 heavy (non-hydrogen) atoms. The molecular formula is BiNbSnZr. The van der Waals surface area contributed by atoms with Crippen LogP contribution in [0.3, 0.4) is 0 Å². The molecule has 0 amide bonds. The maximum Gasteiger partial charge on any atom is 0 e. The number of hydrogen-bond donors (Lipinski definition) is 0. The average molecular weight is 512 g/mol. The SMILES string of the molecule is [Bi].[Nb].[Sn].[Zr]. The summed E-state index contributed by atoms with van der Waals surface area (Å²) in [6, 6.07) is 0. The maximum absolute atomic E-state index is 0. The van der Waals surface area contributed by atoms with Crippen LogP contribution >= 0.6 is 0 Å². The van der Waals surface area contributed by atoms with Gasteiger partial charge in [0, 0.05) is 98.7 Å². The Morgan fingerprint density at radius 2 is 1.00 bits per heavy atom. The van der Waals surface area contributed by atoms with Crippen molar-refractivity contribution in [1.82, 2.24) is 0 Å². The van der Waals surface area contributed by atoms with E-state index in [-0.39, 0.29) is 98.7 Å². The van der Waals surface area contributed by atoms with Gasteiger partial charge in [-0.2, -0.15) is 0 Å². The maximum atomic E-state index is 0. The molecule has 0 aliphatic heterocycles. The van der Waals surface area contributed by atoms with Gasteiger partial charge >= 0.3 is 0 Å². The zero-order valence-corrected chi connectivity index (χ0v) is 12.9. The molecule has 8 radical (unpaired) electrons. The molecule has 0 atom stereocenters. The Bertz CT molecular complexity index is 8.00. The van der Waals surface area contributed by atoms with Crippen molar-refractivity contribution in [3.8, 4) is 0 Å². The molecule has 4 heteroatoms. The fourth-order valence-electron chi connectivity index (χ4n) is 0. The molecule has 0 aromatic heterocycles. The van der Waals surface area contributed by atoms with Gasteiger partial charge in [-0.05, 0) is 0 Å². The summed E-state index contributed by atoms with van der Waals surface area (Å²) in [5, 5.41) is 0. The minimum absolute atomic E-state index is 0. The van der Waals surface area contributed by atoms with Crippen LogP contribution in [-0.2, 0) is 48.6 Å². The van der Waals surface area contributed by atoms with E-state index in [0.29, 0.717) is 0 Å². The monoisotopic (exact) mass is 512 g/mol. The Labute approximate surface area is 96.6 Å². The Balaban J connectivity index is 0. The van der Waals surface area contributed by atoms with Crippen molar-refractivity contribution in [3.63, 3.8) is 0 Å². The van der Waals surface area contributed by atoms with Gasteiger partial charge in [0.1, 0.15) is 0 Å². The third-order valence-electron chi connectivity index (χ3n) is 0. The molecule has 0 unspecified atom stereocenters. The van der Waals surface area contributed by atoms with Crippen LogP contribution in [0, 0.1) is 0 Å². The number of hydrogen-bond acceptors (Lipinski definition) is 0. The Morgan fingerprint density at radius 1 is 1.00 bits per heavy atom. The van der Waals surface area contributed by atoms with Gasteiger partial charge in [-0.1, -0.05) is 0 Å². The fraction of sp³-hybridized carbons (Fsp3) is 0. The third-order valence-corrected chi connectivity index (χ3v) is 0. The first kappa shape index (κ1) is 26.6. The van der Waals surface area contributed by atoms with E-state index >= 15 is 0 Å². The second kappa shape index (κ2) is 16.2. The Morgan fingerprint density at radius 3 is 1.00 bits per heavy atom. The topological polar surface area (TPSA) is 0 Å². The van der Waals surface area contributed by atoms with Gasteiger partial charge in [-0.25, -0.2) is 0 Å². The molecule has 0 heterocycles. The van der Waals surface area contributed by atoms with Crippen molar-refractivity contribution in [2.75, 3.05) is 0 Å². The van der Waals surface area contributed by atoms with E-state index < -0.39 is 0 Å². The first-order chi connectivity index (χ1) is 0. The van der Waals surface area contributed by atoms with Crippen LogP contribution in [0.4, 0.5) is 0 Å². The Hall–Kier alpha value is 3.31. The van der Waals surface area contributed by atoms with Crippen LogP contribution in [0.5, 0.6) is 0 Å². The normalized spacial score (nSPS) is 0. The number of rotatable bonds is 0. The molecule has 18 valence electrons. The van der Waals surface area contributed by atoms with Crippen LogP contribution < -0.4 is 0 Å². The summed E-state index contributed by atoms with van der Waals surface area (Å²) in [7, 11) is 0. The zero-order chi connectivity index (χ0) is 0. The Kier molecular flexibility index (Phi) is 108. The summed E-state index contributed by atoms with van der Waals surface area (Å²) >= 11 is 0. The van der Waals surface area contributed by atoms with E-state index in [1.165, 1.54) is 0 Å². The minimum atomic E-state index is 0. The van der Waals surface area contributed by atoms with E-state index in [1.54, 1.807) is 0 Å². The summed E-state index contributed by atoms with van der Waals surface area (Å²) in [6.45, 7) is 0. The fourth-order valence-corrected chi connectivity index (χ4v) is 0. The van der Waals surface area contributed by atoms with Crippen molar-refractivity contribution in [2.24, 2.45) is 0 Å². The van der Waals surface area contributed by atoms with Crippen molar-refractivity contribution in [2.45, 2.75) is 0 Å². The second-order valence-electron chi connectivity index (χ2n) is 0. The molecule has 0 nitrogen and oxygen atoms in total. The predicted molar refractivity (Wildman–Crippen MR) is 11.5 cm³/mol. The molecule has 0 saturated heterocycles. The molecule has 0 bridgehead atoms. The molecule has 0 aliphatic carbocycles. The van der Waals surface area contributed by atoms with E-state index in [0.717, 1.165) is 0 Å². The van der Waals surface area contributed by atoms with Crippen LogP contribution in [0.25, 0.3) is 0 Å². The quantitative estimate of drug-likeness (QED) is 0.375. The molecule has 0 spiro atoms. The van der Waals surface area contributed by atoms with E-state index in [1.807, 2.05) is 0 Å². The summed E-state index contributed by atoms with van der Waals surface area (Å²) in [5.41, 5.74) is 0. The van der Waals surface area contributed by atoms with Crippen LogP contribution in [0.1, 0.15) is 0 Å².